The van der Waals surface area contributed by atoms with Crippen molar-refractivity contribution in [2.45, 2.75) is 37.6 Å². The predicted molar refractivity (Wildman–Crippen MR) is 114 cm³/mol. The number of benzene rings is 1. The van der Waals surface area contributed by atoms with Crippen LogP contribution < -0.4 is 10.0 Å². The molecule has 0 unspecified atom stereocenters. The molecule has 0 aliphatic heterocycles. The van der Waals surface area contributed by atoms with Crippen molar-refractivity contribution in [1.29, 1.82) is 0 Å². The topological polar surface area (TPSA) is 128 Å². The molecule has 11 heteroatoms. The van der Waals surface area contributed by atoms with E-state index in [9.17, 15) is 22.8 Å². The third-order valence-corrected chi connectivity index (χ3v) is 7.32. The van der Waals surface area contributed by atoms with E-state index in [1.165, 1.54) is 42.7 Å². The van der Waals surface area contributed by atoms with Gasteiger partial charge in [-0.2, -0.15) is 0 Å². The van der Waals surface area contributed by atoms with Gasteiger partial charge in [0.1, 0.15) is 5.00 Å². The second-order valence-corrected chi connectivity index (χ2v) is 9.96. The van der Waals surface area contributed by atoms with Crippen LogP contribution in [0.5, 0.6) is 0 Å². The zero-order valence-corrected chi connectivity index (χ0v) is 18.8. The molecule has 0 bridgehead atoms. The molecule has 2 aromatic rings. The molecule has 1 amide bonds. The Morgan fingerprint density at radius 1 is 1.10 bits per heavy atom. The number of hydrogen-bond acceptors (Lipinski definition) is 8. The summed E-state index contributed by atoms with van der Waals surface area (Å²) in [5.41, 5.74) is 1.08. The number of sulfonamides is 1. The van der Waals surface area contributed by atoms with Crippen LogP contribution in [-0.4, -0.2) is 46.0 Å². The van der Waals surface area contributed by atoms with Gasteiger partial charge < -0.3 is 14.8 Å². The van der Waals surface area contributed by atoms with E-state index in [0.717, 1.165) is 17.7 Å². The van der Waals surface area contributed by atoms with Crippen molar-refractivity contribution in [3.05, 3.63) is 45.8 Å². The Bertz CT molecular complexity index is 1120. The Kier molecular flexibility index (Phi) is 6.77. The summed E-state index contributed by atoms with van der Waals surface area (Å²) in [6.45, 7) is 2.99. The number of esters is 2. The van der Waals surface area contributed by atoms with Gasteiger partial charge in [0.15, 0.2) is 6.61 Å². The number of rotatable bonds is 8. The number of anilines is 1. The van der Waals surface area contributed by atoms with Gasteiger partial charge in [0.2, 0.25) is 10.0 Å². The summed E-state index contributed by atoms with van der Waals surface area (Å²) >= 11 is 1.22. The largest absolute Gasteiger partial charge is 0.465 e. The quantitative estimate of drug-likeness (QED) is 0.572. The van der Waals surface area contributed by atoms with Gasteiger partial charge in [0, 0.05) is 10.9 Å². The van der Waals surface area contributed by atoms with E-state index in [0.29, 0.717) is 10.6 Å². The first-order valence-corrected chi connectivity index (χ1v) is 11.7. The highest BCUT2D eigenvalue weighted by atomic mass is 32.2. The molecule has 1 heterocycles. The zero-order chi connectivity index (χ0) is 22.8. The molecule has 1 aromatic carbocycles. The molecule has 1 aromatic heterocycles. The average molecular weight is 467 g/mol. The number of methoxy groups -OCH3 is 1. The first kappa shape index (κ1) is 22.9. The number of nitrogens with one attached hydrogen (secondary N) is 2. The molecular formula is C20H22N2O7S2. The van der Waals surface area contributed by atoms with Crippen LogP contribution in [-0.2, 0) is 24.3 Å². The number of aryl methyl sites for hydroxylation is 1. The summed E-state index contributed by atoms with van der Waals surface area (Å²) in [6, 6.07) is 5.23. The van der Waals surface area contributed by atoms with Crippen molar-refractivity contribution in [2.24, 2.45) is 0 Å². The standard InChI is InChI=1S/C20H22N2O7S2/c1-11-12(2)30-18(17(11)20(25)28-3)21-16(23)10-29-19(24)13-4-8-15(9-5-13)31(26,27)22-14-6-7-14/h4-5,8-9,14,22H,6-7,10H2,1-3H3,(H,21,23). The summed E-state index contributed by atoms with van der Waals surface area (Å²) in [5, 5.41) is 2.88. The Morgan fingerprint density at radius 3 is 2.32 bits per heavy atom. The highest BCUT2D eigenvalue weighted by Crippen LogP contribution is 2.32. The lowest BCUT2D eigenvalue weighted by molar-refractivity contribution is -0.119. The van der Waals surface area contributed by atoms with Crippen molar-refractivity contribution < 1.29 is 32.3 Å². The van der Waals surface area contributed by atoms with Crippen LogP contribution in [0.1, 0.15) is 44.0 Å². The van der Waals surface area contributed by atoms with Gasteiger partial charge in [0.25, 0.3) is 5.91 Å². The smallest absolute Gasteiger partial charge is 0.341 e. The molecule has 1 aliphatic rings. The number of carbonyl (C=O) groups is 3. The Morgan fingerprint density at radius 2 is 1.74 bits per heavy atom. The predicted octanol–water partition coefficient (Wildman–Crippen LogP) is 2.39. The van der Waals surface area contributed by atoms with Crippen molar-refractivity contribution in [3.63, 3.8) is 0 Å². The van der Waals surface area contributed by atoms with Gasteiger partial charge in [-0.05, 0) is 56.5 Å². The van der Waals surface area contributed by atoms with Crippen molar-refractivity contribution in [2.75, 3.05) is 19.0 Å². The molecule has 166 valence electrons. The van der Waals surface area contributed by atoms with Crippen molar-refractivity contribution in [3.8, 4) is 0 Å². The van der Waals surface area contributed by atoms with E-state index < -0.39 is 34.5 Å². The molecule has 3 rings (SSSR count). The molecule has 31 heavy (non-hydrogen) atoms. The zero-order valence-electron chi connectivity index (χ0n) is 17.2. The van der Waals surface area contributed by atoms with E-state index in [2.05, 4.69) is 10.0 Å². The van der Waals surface area contributed by atoms with Crippen LogP contribution in [0.4, 0.5) is 5.00 Å². The minimum atomic E-state index is -3.62. The first-order chi connectivity index (χ1) is 14.6. The minimum Gasteiger partial charge on any atom is -0.465 e. The fourth-order valence-electron chi connectivity index (χ4n) is 2.70. The van der Waals surface area contributed by atoms with E-state index in [4.69, 9.17) is 9.47 Å². The van der Waals surface area contributed by atoms with E-state index >= 15 is 0 Å². The molecule has 2 N–H and O–H groups in total. The van der Waals surface area contributed by atoms with Crippen LogP contribution in [0.2, 0.25) is 0 Å². The minimum absolute atomic E-state index is 0.0243. The van der Waals surface area contributed by atoms with E-state index in [1.807, 2.05) is 6.92 Å². The molecule has 0 atom stereocenters. The molecule has 9 nitrogen and oxygen atoms in total. The SMILES string of the molecule is COC(=O)c1c(NC(=O)COC(=O)c2ccc(S(=O)(=O)NC3CC3)cc2)sc(C)c1C. The maximum absolute atomic E-state index is 12.2. The van der Waals surface area contributed by atoms with Gasteiger partial charge >= 0.3 is 11.9 Å². The maximum Gasteiger partial charge on any atom is 0.341 e. The Labute approximate surface area is 183 Å². The highest BCUT2D eigenvalue weighted by molar-refractivity contribution is 7.89. The molecule has 0 radical (unpaired) electrons. The fourth-order valence-corrected chi connectivity index (χ4v) is 5.07. The van der Waals surface area contributed by atoms with Gasteiger partial charge in [-0.25, -0.2) is 22.7 Å². The van der Waals surface area contributed by atoms with Gasteiger partial charge in [0.05, 0.1) is 23.1 Å². The number of hydrogen-bond donors (Lipinski definition) is 2. The summed E-state index contributed by atoms with van der Waals surface area (Å²) in [4.78, 5) is 37.3. The van der Waals surface area contributed by atoms with Gasteiger partial charge in [-0.1, -0.05) is 0 Å². The summed E-state index contributed by atoms with van der Waals surface area (Å²) in [5.74, 6) is -1.96. The van der Waals surface area contributed by atoms with E-state index in [1.54, 1.807) is 6.92 Å². The van der Waals surface area contributed by atoms with Gasteiger partial charge in [-0.15, -0.1) is 11.3 Å². The normalized spacial score (nSPS) is 13.5. The summed E-state index contributed by atoms with van der Waals surface area (Å²) < 4.78 is 36.6. The van der Waals surface area contributed by atoms with E-state index in [-0.39, 0.29) is 22.1 Å². The van der Waals surface area contributed by atoms with Gasteiger partial charge in [-0.3, -0.25) is 4.79 Å². The molecule has 1 saturated carbocycles. The first-order valence-electron chi connectivity index (χ1n) is 9.40. The van der Waals surface area contributed by atoms with Crippen LogP contribution >= 0.6 is 11.3 Å². The van der Waals surface area contributed by atoms with Crippen LogP contribution in [0.3, 0.4) is 0 Å². The number of amides is 1. The third kappa shape index (κ3) is 5.49. The molecule has 0 saturated heterocycles. The monoisotopic (exact) mass is 466 g/mol. The highest BCUT2D eigenvalue weighted by Gasteiger charge is 2.28. The summed E-state index contributed by atoms with van der Waals surface area (Å²) in [6.07, 6.45) is 1.63. The molecular weight excluding hydrogens is 444 g/mol. The van der Waals surface area contributed by atoms with Crippen LogP contribution in [0.25, 0.3) is 0 Å². The van der Waals surface area contributed by atoms with Crippen LogP contribution in [0.15, 0.2) is 29.2 Å². The lowest BCUT2D eigenvalue weighted by Gasteiger charge is -2.08. The van der Waals surface area contributed by atoms with Crippen LogP contribution in [0, 0.1) is 13.8 Å². The molecule has 1 fully saturated rings. The Balaban J connectivity index is 1.59. The fraction of sp³-hybridized carbons (Fsp3) is 0.350. The lowest BCUT2D eigenvalue weighted by atomic mass is 10.1. The Hall–Kier alpha value is -2.76. The number of ether oxygens (including phenoxy) is 2. The second-order valence-electron chi connectivity index (χ2n) is 7.02. The average Bonchev–Trinajstić information content (AvgIpc) is 3.50. The van der Waals surface area contributed by atoms with Crippen molar-refractivity contribution >= 4 is 44.2 Å². The number of carbonyl (C=O) groups excluding carboxylic acids is 3. The lowest BCUT2D eigenvalue weighted by Crippen LogP contribution is -2.25. The maximum atomic E-state index is 12.2. The molecule has 0 spiro atoms. The summed E-state index contributed by atoms with van der Waals surface area (Å²) in [7, 11) is -2.37. The third-order valence-electron chi connectivity index (χ3n) is 4.66. The molecule has 1 aliphatic carbocycles. The number of thiophene rings is 1. The second kappa shape index (κ2) is 9.16. The van der Waals surface area contributed by atoms with Crippen molar-refractivity contribution in [1.82, 2.24) is 4.72 Å².